The van der Waals surface area contributed by atoms with Gasteiger partial charge in [-0.3, -0.25) is 9.59 Å². The van der Waals surface area contributed by atoms with E-state index in [1.54, 1.807) is 0 Å². The van der Waals surface area contributed by atoms with Crippen LogP contribution in [0.2, 0.25) is 0 Å². The second kappa shape index (κ2) is 5.81. The maximum atomic E-state index is 12.8. The molecule has 4 N–H and O–H groups in total. The van der Waals surface area contributed by atoms with E-state index < -0.39 is 29.6 Å². The fraction of sp³-hybridized carbons (Fsp3) is 0.333. The Morgan fingerprint density at radius 1 is 1.30 bits per heavy atom. The first-order chi connectivity index (χ1) is 9.16. The van der Waals surface area contributed by atoms with Gasteiger partial charge in [0.25, 0.3) is 5.91 Å². The van der Waals surface area contributed by atoms with Crippen molar-refractivity contribution in [2.24, 2.45) is 5.73 Å². The number of hydrogen-bond acceptors (Lipinski definition) is 3. The zero-order valence-corrected chi connectivity index (χ0v) is 10.8. The smallest absolute Gasteiger partial charge is 0.388 e. The van der Waals surface area contributed by atoms with Crippen molar-refractivity contribution >= 4 is 17.5 Å². The Morgan fingerprint density at radius 3 is 2.35 bits per heavy atom. The average molecular weight is 289 g/mol. The second-order valence-corrected chi connectivity index (χ2v) is 4.11. The number of carbonyl (C=O) groups is 2. The molecule has 0 radical (unpaired) electrons. The Bertz CT molecular complexity index is 529. The van der Waals surface area contributed by atoms with Gasteiger partial charge >= 0.3 is 6.18 Å². The minimum atomic E-state index is -4.59. The van der Waals surface area contributed by atoms with Crippen LogP contribution in [0.15, 0.2) is 18.2 Å². The van der Waals surface area contributed by atoms with Gasteiger partial charge in [0.05, 0.1) is 5.56 Å². The summed E-state index contributed by atoms with van der Waals surface area (Å²) in [5.41, 5.74) is 3.66. The molecule has 0 fully saturated rings. The molecule has 1 rings (SSSR count). The molecular formula is C12H14F3N3O2. The van der Waals surface area contributed by atoms with Gasteiger partial charge in [0.15, 0.2) is 0 Å². The van der Waals surface area contributed by atoms with Crippen LogP contribution < -0.4 is 16.4 Å². The Kier molecular flexibility index (Phi) is 4.59. The summed E-state index contributed by atoms with van der Waals surface area (Å²) in [7, 11) is 1.35. The molecule has 0 aliphatic heterocycles. The first-order valence-corrected chi connectivity index (χ1v) is 5.66. The van der Waals surface area contributed by atoms with Crippen LogP contribution in [0.1, 0.15) is 22.8 Å². The number of benzene rings is 1. The Balaban J connectivity index is 3.09. The third-order valence-electron chi connectivity index (χ3n) is 2.63. The number of primary amides is 1. The number of rotatable bonds is 4. The number of alkyl halides is 3. The molecule has 1 aromatic carbocycles. The average Bonchev–Trinajstić information content (AvgIpc) is 2.36. The minimum absolute atomic E-state index is 0.142. The van der Waals surface area contributed by atoms with Crippen molar-refractivity contribution in [1.29, 1.82) is 0 Å². The highest BCUT2D eigenvalue weighted by atomic mass is 19.4. The van der Waals surface area contributed by atoms with Crippen molar-refractivity contribution in [2.75, 3.05) is 12.4 Å². The highest BCUT2D eigenvalue weighted by Gasteiger charge is 2.34. The number of nitrogens with one attached hydrogen (secondary N) is 2. The molecule has 20 heavy (non-hydrogen) atoms. The van der Waals surface area contributed by atoms with Crippen molar-refractivity contribution in [3.05, 3.63) is 29.3 Å². The van der Waals surface area contributed by atoms with E-state index in [-0.39, 0.29) is 11.3 Å². The van der Waals surface area contributed by atoms with E-state index in [1.807, 2.05) is 0 Å². The summed E-state index contributed by atoms with van der Waals surface area (Å²) in [5.74, 6) is -1.58. The van der Waals surface area contributed by atoms with Crippen LogP contribution in [0.5, 0.6) is 0 Å². The molecule has 8 heteroatoms. The lowest BCUT2D eigenvalue weighted by Crippen LogP contribution is -2.42. The van der Waals surface area contributed by atoms with Crippen LogP contribution >= 0.6 is 0 Å². The van der Waals surface area contributed by atoms with Crippen molar-refractivity contribution in [2.45, 2.75) is 19.1 Å². The normalized spacial score (nSPS) is 12.7. The number of halogens is 3. The molecule has 5 nitrogen and oxygen atoms in total. The second-order valence-electron chi connectivity index (χ2n) is 4.11. The predicted octanol–water partition coefficient (Wildman–Crippen LogP) is 1.35. The first-order valence-electron chi connectivity index (χ1n) is 5.66. The summed E-state index contributed by atoms with van der Waals surface area (Å²) < 4.78 is 38.5. The van der Waals surface area contributed by atoms with Crippen LogP contribution in [0, 0.1) is 0 Å². The summed E-state index contributed by atoms with van der Waals surface area (Å²) in [6.45, 7) is 1.34. The lowest BCUT2D eigenvalue weighted by molar-refractivity contribution is -0.137. The fourth-order valence-corrected chi connectivity index (χ4v) is 1.49. The van der Waals surface area contributed by atoms with E-state index in [0.29, 0.717) is 0 Å². The van der Waals surface area contributed by atoms with Gasteiger partial charge in [-0.25, -0.2) is 0 Å². The van der Waals surface area contributed by atoms with Gasteiger partial charge < -0.3 is 16.4 Å². The van der Waals surface area contributed by atoms with Crippen LogP contribution in [0.4, 0.5) is 18.9 Å². The molecular weight excluding hydrogens is 275 g/mol. The molecule has 2 amide bonds. The van der Waals surface area contributed by atoms with Crippen LogP contribution in [-0.4, -0.2) is 24.9 Å². The topological polar surface area (TPSA) is 84.2 Å². The molecule has 0 spiro atoms. The number of amides is 2. The van der Waals surface area contributed by atoms with Crippen molar-refractivity contribution in [1.82, 2.24) is 5.32 Å². The van der Waals surface area contributed by atoms with Gasteiger partial charge in [-0.05, 0) is 25.1 Å². The zero-order chi connectivity index (χ0) is 15.5. The van der Waals surface area contributed by atoms with Crippen molar-refractivity contribution < 1.29 is 22.8 Å². The van der Waals surface area contributed by atoms with Gasteiger partial charge in [-0.1, -0.05) is 0 Å². The third-order valence-corrected chi connectivity index (χ3v) is 2.63. The highest BCUT2D eigenvalue weighted by molar-refractivity contribution is 5.97. The molecule has 0 saturated carbocycles. The summed E-state index contributed by atoms with van der Waals surface area (Å²) in [5, 5.41) is 4.61. The van der Waals surface area contributed by atoms with E-state index in [1.165, 1.54) is 20.0 Å². The van der Waals surface area contributed by atoms with Gasteiger partial charge in [0.1, 0.15) is 6.04 Å². The standard InChI is InChI=1S/C12H14F3N3O2/c1-6(10(16)19)18-11(20)7-3-4-9(17-2)8(5-7)12(13,14)15/h3-6,17H,1-2H3,(H2,16,19)(H,18,20). The van der Waals surface area contributed by atoms with Gasteiger partial charge in [0.2, 0.25) is 5.91 Å². The number of carbonyl (C=O) groups excluding carboxylic acids is 2. The molecule has 1 aromatic rings. The quantitative estimate of drug-likeness (QED) is 0.782. The third kappa shape index (κ3) is 3.62. The molecule has 0 saturated heterocycles. The van der Waals surface area contributed by atoms with Gasteiger partial charge in [0, 0.05) is 18.3 Å². The molecule has 1 atom stereocenters. The molecule has 0 aliphatic carbocycles. The Labute approximate surface area is 113 Å². The predicted molar refractivity (Wildman–Crippen MR) is 67.1 cm³/mol. The molecule has 0 aliphatic rings. The summed E-state index contributed by atoms with van der Waals surface area (Å²) >= 11 is 0. The van der Waals surface area contributed by atoms with E-state index in [2.05, 4.69) is 10.6 Å². The van der Waals surface area contributed by atoms with E-state index in [9.17, 15) is 22.8 Å². The van der Waals surface area contributed by atoms with E-state index in [0.717, 1.165) is 12.1 Å². The molecule has 0 aromatic heterocycles. The fourth-order valence-electron chi connectivity index (χ4n) is 1.49. The van der Waals surface area contributed by atoms with Gasteiger partial charge in [-0.15, -0.1) is 0 Å². The van der Waals surface area contributed by atoms with Crippen LogP contribution in [-0.2, 0) is 11.0 Å². The number of nitrogens with two attached hydrogens (primary N) is 1. The SMILES string of the molecule is CNc1ccc(C(=O)NC(C)C(N)=O)cc1C(F)(F)F. The Morgan fingerprint density at radius 2 is 1.90 bits per heavy atom. The molecule has 0 heterocycles. The molecule has 110 valence electrons. The molecule has 0 bridgehead atoms. The largest absolute Gasteiger partial charge is 0.418 e. The highest BCUT2D eigenvalue weighted by Crippen LogP contribution is 2.35. The van der Waals surface area contributed by atoms with Crippen molar-refractivity contribution in [3.8, 4) is 0 Å². The van der Waals surface area contributed by atoms with E-state index >= 15 is 0 Å². The minimum Gasteiger partial charge on any atom is -0.388 e. The van der Waals surface area contributed by atoms with Gasteiger partial charge in [-0.2, -0.15) is 13.2 Å². The summed E-state index contributed by atoms with van der Waals surface area (Å²) in [6, 6.07) is 2.12. The maximum absolute atomic E-state index is 12.8. The number of hydrogen-bond donors (Lipinski definition) is 3. The van der Waals surface area contributed by atoms with Crippen LogP contribution in [0.25, 0.3) is 0 Å². The van der Waals surface area contributed by atoms with Crippen LogP contribution in [0.3, 0.4) is 0 Å². The summed E-state index contributed by atoms with van der Waals surface area (Å²) in [6.07, 6.45) is -4.59. The lowest BCUT2D eigenvalue weighted by atomic mass is 10.1. The maximum Gasteiger partial charge on any atom is 0.418 e. The molecule has 1 unspecified atom stereocenters. The Hall–Kier alpha value is -2.25. The zero-order valence-electron chi connectivity index (χ0n) is 10.8. The van der Waals surface area contributed by atoms with Crippen molar-refractivity contribution in [3.63, 3.8) is 0 Å². The van der Waals surface area contributed by atoms with E-state index in [4.69, 9.17) is 5.73 Å². The lowest BCUT2D eigenvalue weighted by Gasteiger charge is -2.15. The number of anilines is 1. The first kappa shape index (κ1) is 15.8. The summed E-state index contributed by atoms with van der Waals surface area (Å²) in [4.78, 5) is 22.5. The monoisotopic (exact) mass is 289 g/mol.